The molecule has 0 fully saturated rings. The Bertz CT molecular complexity index is 244. The Morgan fingerprint density at radius 2 is 2.29 bits per heavy atom. The smallest absolute Gasteiger partial charge is 0.0746 e. The summed E-state index contributed by atoms with van der Waals surface area (Å²) in [7, 11) is 1.75. The second-order valence-corrected chi connectivity index (χ2v) is 4.80. The first-order valence-electron chi connectivity index (χ1n) is 4.91. The topological polar surface area (TPSA) is 21.3 Å². The molecule has 1 rings (SSSR count). The van der Waals surface area contributed by atoms with Gasteiger partial charge in [-0.2, -0.15) is 11.3 Å². The van der Waals surface area contributed by atoms with Crippen molar-refractivity contribution in [2.45, 2.75) is 25.9 Å². The molecule has 0 aromatic carbocycles. The van der Waals surface area contributed by atoms with E-state index in [0.717, 1.165) is 19.5 Å². The molecule has 0 aliphatic heterocycles. The van der Waals surface area contributed by atoms with Crippen LogP contribution in [0.25, 0.3) is 0 Å². The van der Waals surface area contributed by atoms with E-state index in [4.69, 9.17) is 4.74 Å². The van der Waals surface area contributed by atoms with Gasteiger partial charge in [-0.1, -0.05) is 0 Å². The SMILES string of the molecule is COC(C)(C)CNCCc1ccsc1. The molecule has 1 heterocycles. The molecule has 0 saturated carbocycles. The summed E-state index contributed by atoms with van der Waals surface area (Å²) in [6.07, 6.45) is 1.10. The Labute approximate surface area is 90.3 Å². The minimum atomic E-state index is -0.0609. The molecule has 0 spiro atoms. The van der Waals surface area contributed by atoms with Crippen LogP contribution in [0.4, 0.5) is 0 Å². The van der Waals surface area contributed by atoms with Crippen molar-refractivity contribution in [3.8, 4) is 0 Å². The van der Waals surface area contributed by atoms with E-state index < -0.39 is 0 Å². The van der Waals surface area contributed by atoms with E-state index in [1.54, 1.807) is 18.4 Å². The molecule has 3 heteroatoms. The molecule has 0 atom stereocenters. The number of hydrogen-bond acceptors (Lipinski definition) is 3. The summed E-state index contributed by atoms with van der Waals surface area (Å²) in [4.78, 5) is 0. The highest BCUT2D eigenvalue weighted by Gasteiger charge is 2.14. The quantitative estimate of drug-likeness (QED) is 0.732. The fourth-order valence-electron chi connectivity index (χ4n) is 1.13. The Kier molecular flexibility index (Phi) is 4.58. The highest BCUT2D eigenvalue weighted by molar-refractivity contribution is 7.07. The van der Waals surface area contributed by atoms with Crippen molar-refractivity contribution >= 4 is 11.3 Å². The monoisotopic (exact) mass is 213 g/mol. The van der Waals surface area contributed by atoms with E-state index in [1.165, 1.54) is 5.56 Å². The van der Waals surface area contributed by atoms with Crippen molar-refractivity contribution in [1.29, 1.82) is 0 Å². The number of ether oxygens (including phenoxy) is 1. The van der Waals surface area contributed by atoms with Crippen molar-refractivity contribution in [3.05, 3.63) is 22.4 Å². The summed E-state index contributed by atoms with van der Waals surface area (Å²) in [6, 6.07) is 2.17. The van der Waals surface area contributed by atoms with Gasteiger partial charge in [0.25, 0.3) is 0 Å². The lowest BCUT2D eigenvalue weighted by molar-refractivity contribution is 0.0235. The summed E-state index contributed by atoms with van der Waals surface area (Å²) >= 11 is 1.76. The van der Waals surface area contributed by atoms with E-state index >= 15 is 0 Å². The average Bonchev–Trinajstić information content (AvgIpc) is 2.65. The van der Waals surface area contributed by atoms with E-state index in [1.807, 2.05) is 0 Å². The van der Waals surface area contributed by atoms with E-state index in [9.17, 15) is 0 Å². The molecule has 0 aliphatic carbocycles. The molecule has 0 aliphatic rings. The summed E-state index contributed by atoms with van der Waals surface area (Å²) in [6.45, 7) is 6.09. The first-order valence-corrected chi connectivity index (χ1v) is 5.85. The summed E-state index contributed by atoms with van der Waals surface area (Å²) in [5, 5.41) is 7.71. The second-order valence-electron chi connectivity index (χ2n) is 4.02. The number of hydrogen-bond donors (Lipinski definition) is 1. The number of methoxy groups -OCH3 is 1. The molecule has 0 saturated heterocycles. The van der Waals surface area contributed by atoms with Gasteiger partial charge in [-0.25, -0.2) is 0 Å². The van der Waals surface area contributed by atoms with Crippen LogP contribution >= 0.6 is 11.3 Å². The van der Waals surface area contributed by atoms with Gasteiger partial charge in [-0.15, -0.1) is 0 Å². The van der Waals surface area contributed by atoms with Gasteiger partial charge in [0.2, 0.25) is 0 Å². The Morgan fingerprint density at radius 3 is 2.86 bits per heavy atom. The van der Waals surface area contributed by atoms with Gasteiger partial charge in [-0.3, -0.25) is 0 Å². The fourth-order valence-corrected chi connectivity index (χ4v) is 1.83. The molecular formula is C11H19NOS. The minimum Gasteiger partial charge on any atom is -0.377 e. The molecule has 1 aromatic heterocycles. The molecule has 1 aromatic rings. The lowest BCUT2D eigenvalue weighted by Gasteiger charge is -2.23. The zero-order chi connectivity index (χ0) is 10.4. The van der Waals surface area contributed by atoms with Crippen LogP contribution in [0, 0.1) is 0 Å². The summed E-state index contributed by atoms with van der Waals surface area (Å²) < 4.78 is 5.31. The number of nitrogens with one attached hydrogen (secondary N) is 1. The largest absolute Gasteiger partial charge is 0.377 e. The third-order valence-corrected chi connectivity index (χ3v) is 3.01. The third kappa shape index (κ3) is 4.22. The number of rotatable bonds is 6. The third-order valence-electron chi connectivity index (χ3n) is 2.27. The number of thiophene rings is 1. The van der Waals surface area contributed by atoms with Crippen molar-refractivity contribution in [2.75, 3.05) is 20.2 Å². The van der Waals surface area contributed by atoms with Crippen LogP contribution in [0.3, 0.4) is 0 Å². The first kappa shape index (κ1) is 11.7. The molecule has 0 radical (unpaired) electrons. The minimum absolute atomic E-state index is 0.0609. The highest BCUT2D eigenvalue weighted by Crippen LogP contribution is 2.07. The normalized spacial score (nSPS) is 11.9. The Balaban J connectivity index is 2.11. The summed E-state index contributed by atoms with van der Waals surface area (Å²) in [5.41, 5.74) is 1.35. The van der Waals surface area contributed by atoms with Gasteiger partial charge in [0.05, 0.1) is 5.60 Å². The summed E-state index contributed by atoms with van der Waals surface area (Å²) in [5.74, 6) is 0. The molecular weight excluding hydrogens is 194 g/mol. The maximum Gasteiger partial charge on any atom is 0.0746 e. The Hall–Kier alpha value is -0.380. The lowest BCUT2D eigenvalue weighted by Crippen LogP contribution is -2.37. The second kappa shape index (κ2) is 5.49. The van der Waals surface area contributed by atoms with Crippen molar-refractivity contribution in [1.82, 2.24) is 5.32 Å². The van der Waals surface area contributed by atoms with Crippen molar-refractivity contribution in [3.63, 3.8) is 0 Å². The first-order chi connectivity index (χ1) is 6.64. The predicted octanol–water partition coefficient (Wildman–Crippen LogP) is 2.31. The van der Waals surface area contributed by atoms with Crippen LogP contribution in [0.15, 0.2) is 16.8 Å². The van der Waals surface area contributed by atoms with Gasteiger partial charge < -0.3 is 10.1 Å². The zero-order valence-corrected chi connectivity index (χ0v) is 9.99. The van der Waals surface area contributed by atoms with Gasteiger partial charge in [0.15, 0.2) is 0 Å². The van der Waals surface area contributed by atoms with Gasteiger partial charge in [0, 0.05) is 13.7 Å². The van der Waals surface area contributed by atoms with Crippen LogP contribution in [0.2, 0.25) is 0 Å². The van der Waals surface area contributed by atoms with Crippen LogP contribution in [-0.4, -0.2) is 25.8 Å². The molecule has 0 unspecified atom stereocenters. The van der Waals surface area contributed by atoms with Crippen LogP contribution in [0.5, 0.6) is 0 Å². The average molecular weight is 213 g/mol. The molecule has 1 N–H and O–H groups in total. The van der Waals surface area contributed by atoms with E-state index in [0.29, 0.717) is 0 Å². The van der Waals surface area contributed by atoms with Gasteiger partial charge in [-0.05, 0) is 49.2 Å². The molecule has 0 amide bonds. The highest BCUT2D eigenvalue weighted by atomic mass is 32.1. The molecule has 80 valence electrons. The van der Waals surface area contributed by atoms with Crippen LogP contribution in [0.1, 0.15) is 19.4 Å². The maximum absolute atomic E-state index is 5.31. The van der Waals surface area contributed by atoms with Crippen molar-refractivity contribution < 1.29 is 4.74 Å². The van der Waals surface area contributed by atoms with E-state index in [-0.39, 0.29) is 5.60 Å². The molecule has 2 nitrogen and oxygen atoms in total. The van der Waals surface area contributed by atoms with E-state index in [2.05, 4.69) is 36.0 Å². The zero-order valence-electron chi connectivity index (χ0n) is 9.17. The van der Waals surface area contributed by atoms with Crippen LogP contribution < -0.4 is 5.32 Å². The lowest BCUT2D eigenvalue weighted by atomic mass is 10.1. The standard InChI is InChI=1S/C11H19NOS/c1-11(2,13-3)9-12-6-4-10-5-7-14-8-10/h5,7-8,12H,4,6,9H2,1-3H3. The molecule has 14 heavy (non-hydrogen) atoms. The van der Waals surface area contributed by atoms with Crippen molar-refractivity contribution in [2.24, 2.45) is 0 Å². The predicted molar refractivity (Wildman–Crippen MR) is 62.0 cm³/mol. The van der Waals surface area contributed by atoms with Gasteiger partial charge >= 0.3 is 0 Å². The molecule has 0 bridgehead atoms. The van der Waals surface area contributed by atoms with Crippen LogP contribution in [-0.2, 0) is 11.2 Å². The fraction of sp³-hybridized carbons (Fsp3) is 0.636. The maximum atomic E-state index is 5.31. The Morgan fingerprint density at radius 1 is 1.50 bits per heavy atom. The van der Waals surface area contributed by atoms with Gasteiger partial charge in [0.1, 0.15) is 0 Å².